The van der Waals surface area contributed by atoms with Gasteiger partial charge in [-0.15, -0.1) is 0 Å². The van der Waals surface area contributed by atoms with Crippen LogP contribution < -0.4 is 0 Å². The van der Waals surface area contributed by atoms with E-state index in [4.69, 9.17) is 5.11 Å². The van der Waals surface area contributed by atoms with Gasteiger partial charge in [-0.1, -0.05) is 14.9 Å². The summed E-state index contributed by atoms with van der Waals surface area (Å²) < 4.78 is 4.31. The van der Waals surface area contributed by atoms with E-state index in [0.717, 1.165) is 0 Å². The van der Waals surface area contributed by atoms with Crippen molar-refractivity contribution < 1.29 is 9.84 Å². The molecule has 2 nitrogen and oxygen atoms in total. The first-order valence-corrected chi connectivity index (χ1v) is 1.48. The molecule has 0 aliphatic rings. The SMILES string of the molecule is C.C.COC(C)O. The summed E-state index contributed by atoms with van der Waals surface area (Å²) >= 11 is 0. The quantitative estimate of drug-likeness (QED) is 0.512. The van der Waals surface area contributed by atoms with E-state index in [1.807, 2.05) is 0 Å². The standard InChI is InChI=1S/C3H8O2.2CH4/c1-3(4)5-2;;/h3-4H,1-2H3;2*1H4. The third-order valence-corrected chi connectivity index (χ3v) is 0.341. The molecule has 1 atom stereocenters. The number of hydrogen-bond donors (Lipinski definition) is 1. The van der Waals surface area contributed by atoms with Crippen LogP contribution in [0.25, 0.3) is 0 Å². The fraction of sp³-hybridized carbons (Fsp3) is 1.00. The van der Waals surface area contributed by atoms with Crippen molar-refractivity contribution in [1.29, 1.82) is 0 Å². The molecule has 0 radical (unpaired) electrons. The fourth-order valence-corrected chi connectivity index (χ4v) is 0. The molecule has 0 aliphatic heterocycles. The van der Waals surface area contributed by atoms with Gasteiger partial charge in [0.1, 0.15) is 0 Å². The number of hydrogen-bond acceptors (Lipinski definition) is 2. The van der Waals surface area contributed by atoms with Crippen LogP contribution in [0.2, 0.25) is 0 Å². The lowest BCUT2D eigenvalue weighted by Gasteiger charge is -1.94. The Morgan fingerprint density at radius 2 is 1.57 bits per heavy atom. The summed E-state index contributed by atoms with van der Waals surface area (Å²) in [6.45, 7) is 1.56. The van der Waals surface area contributed by atoms with Gasteiger partial charge in [0, 0.05) is 7.11 Å². The smallest absolute Gasteiger partial charge is 0.151 e. The lowest BCUT2D eigenvalue weighted by atomic mass is 10.8. The second-order valence-corrected chi connectivity index (χ2v) is 0.835. The monoisotopic (exact) mass is 108 g/mol. The van der Waals surface area contributed by atoms with Gasteiger partial charge < -0.3 is 9.84 Å². The number of aliphatic hydroxyl groups is 1. The van der Waals surface area contributed by atoms with Crippen LogP contribution in [0.4, 0.5) is 0 Å². The van der Waals surface area contributed by atoms with Crippen molar-refractivity contribution in [2.24, 2.45) is 0 Å². The molecule has 0 aliphatic carbocycles. The molecule has 0 rings (SSSR count). The zero-order valence-electron chi connectivity index (χ0n) is 3.43. The van der Waals surface area contributed by atoms with Crippen molar-refractivity contribution >= 4 is 0 Å². The summed E-state index contributed by atoms with van der Waals surface area (Å²) in [6.07, 6.45) is -0.616. The molecule has 1 unspecified atom stereocenters. The minimum Gasteiger partial charge on any atom is -0.368 e. The van der Waals surface area contributed by atoms with Crippen molar-refractivity contribution in [2.75, 3.05) is 7.11 Å². The van der Waals surface area contributed by atoms with Crippen LogP contribution in [0.15, 0.2) is 0 Å². The average Bonchev–Trinajstić information content (AvgIpc) is 1.38. The lowest BCUT2D eigenvalue weighted by Crippen LogP contribution is -1.99. The molecule has 0 heterocycles. The summed E-state index contributed by atoms with van der Waals surface area (Å²) in [5, 5.41) is 8.14. The van der Waals surface area contributed by atoms with Gasteiger partial charge in [-0.25, -0.2) is 0 Å². The third kappa shape index (κ3) is 24.7. The Balaban J connectivity index is -0.0000000800. The zero-order chi connectivity index (χ0) is 4.28. The van der Waals surface area contributed by atoms with Gasteiger partial charge in [0.25, 0.3) is 0 Å². The van der Waals surface area contributed by atoms with Crippen LogP contribution in [0.3, 0.4) is 0 Å². The molecule has 2 heteroatoms. The first-order chi connectivity index (χ1) is 2.27. The first-order valence-electron chi connectivity index (χ1n) is 1.48. The van der Waals surface area contributed by atoms with E-state index in [0.29, 0.717) is 0 Å². The number of rotatable bonds is 1. The van der Waals surface area contributed by atoms with Crippen molar-refractivity contribution in [3.63, 3.8) is 0 Å². The highest BCUT2D eigenvalue weighted by Gasteiger charge is 1.80. The topological polar surface area (TPSA) is 29.5 Å². The molecule has 0 spiro atoms. The van der Waals surface area contributed by atoms with Crippen molar-refractivity contribution in [3.05, 3.63) is 0 Å². The Morgan fingerprint density at radius 1 is 1.43 bits per heavy atom. The van der Waals surface area contributed by atoms with E-state index in [-0.39, 0.29) is 14.9 Å². The molecule has 0 bridgehead atoms. The summed E-state index contributed by atoms with van der Waals surface area (Å²) in [6, 6.07) is 0. The van der Waals surface area contributed by atoms with Crippen LogP contribution in [0, 0.1) is 0 Å². The highest BCUT2D eigenvalue weighted by atomic mass is 16.6. The molecule has 0 saturated carbocycles. The van der Waals surface area contributed by atoms with Crippen molar-refractivity contribution in [3.8, 4) is 0 Å². The number of aliphatic hydroxyl groups excluding tert-OH is 1. The molecule has 1 N–H and O–H groups in total. The van der Waals surface area contributed by atoms with E-state index in [2.05, 4.69) is 4.74 Å². The maximum Gasteiger partial charge on any atom is 0.151 e. The molecule has 0 fully saturated rings. The Hall–Kier alpha value is -0.0800. The van der Waals surface area contributed by atoms with Gasteiger partial charge in [0.05, 0.1) is 0 Å². The Kier molecular flexibility index (Phi) is 21.0. The zero-order valence-corrected chi connectivity index (χ0v) is 3.43. The van der Waals surface area contributed by atoms with Gasteiger partial charge in [-0.2, -0.15) is 0 Å². The molecule has 0 aromatic heterocycles. The maximum absolute atomic E-state index is 8.14. The normalized spacial score (nSPS) is 10.7. The van der Waals surface area contributed by atoms with Gasteiger partial charge in [-0.3, -0.25) is 0 Å². The maximum atomic E-state index is 8.14. The summed E-state index contributed by atoms with van der Waals surface area (Å²) in [4.78, 5) is 0. The van der Waals surface area contributed by atoms with E-state index in [1.54, 1.807) is 6.92 Å². The average molecular weight is 108 g/mol. The van der Waals surface area contributed by atoms with Crippen LogP contribution in [-0.4, -0.2) is 18.5 Å². The predicted octanol–water partition coefficient (Wildman–Crippen LogP) is 1.24. The van der Waals surface area contributed by atoms with E-state index in [1.165, 1.54) is 7.11 Å². The van der Waals surface area contributed by atoms with E-state index >= 15 is 0 Å². The minimum absolute atomic E-state index is 0. The minimum atomic E-state index is -0.616. The number of ether oxygens (including phenoxy) is 1. The molecule has 48 valence electrons. The molecular weight excluding hydrogens is 92.1 g/mol. The summed E-state index contributed by atoms with van der Waals surface area (Å²) in [5.41, 5.74) is 0. The van der Waals surface area contributed by atoms with Gasteiger partial charge >= 0.3 is 0 Å². The van der Waals surface area contributed by atoms with Gasteiger partial charge in [0.2, 0.25) is 0 Å². The van der Waals surface area contributed by atoms with Gasteiger partial charge in [0.15, 0.2) is 6.29 Å². The Morgan fingerprint density at radius 3 is 1.57 bits per heavy atom. The molecule has 0 amide bonds. The highest BCUT2D eigenvalue weighted by Crippen LogP contribution is 1.72. The van der Waals surface area contributed by atoms with Crippen LogP contribution in [-0.2, 0) is 4.74 Å². The van der Waals surface area contributed by atoms with Crippen molar-refractivity contribution in [1.82, 2.24) is 0 Å². The van der Waals surface area contributed by atoms with E-state index < -0.39 is 6.29 Å². The van der Waals surface area contributed by atoms with Crippen molar-refractivity contribution in [2.45, 2.75) is 28.1 Å². The Labute approximate surface area is 46.1 Å². The molecule has 0 aromatic carbocycles. The molecule has 0 saturated heterocycles. The lowest BCUT2D eigenvalue weighted by molar-refractivity contribution is -0.0583. The Bertz CT molecular complexity index is 20.0. The van der Waals surface area contributed by atoms with E-state index in [9.17, 15) is 0 Å². The molecular formula is C5H16O2. The second-order valence-electron chi connectivity index (χ2n) is 0.835. The molecule has 7 heavy (non-hydrogen) atoms. The van der Waals surface area contributed by atoms with Crippen LogP contribution >= 0.6 is 0 Å². The van der Waals surface area contributed by atoms with Crippen LogP contribution in [0.1, 0.15) is 21.8 Å². The predicted molar refractivity (Wildman–Crippen MR) is 32.2 cm³/mol. The van der Waals surface area contributed by atoms with Crippen LogP contribution in [0.5, 0.6) is 0 Å². The second kappa shape index (κ2) is 9.33. The summed E-state index contributed by atoms with van der Waals surface area (Å²) in [5.74, 6) is 0. The molecule has 0 aromatic rings. The largest absolute Gasteiger partial charge is 0.368 e. The first kappa shape index (κ1) is 15.8. The fourth-order valence-electron chi connectivity index (χ4n) is 0. The number of methoxy groups -OCH3 is 1. The highest BCUT2D eigenvalue weighted by molar-refractivity contribution is 4.10. The van der Waals surface area contributed by atoms with Gasteiger partial charge in [-0.05, 0) is 6.92 Å². The third-order valence-electron chi connectivity index (χ3n) is 0.341. The summed E-state index contributed by atoms with van der Waals surface area (Å²) in [7, 11) is 1.45.